The van der Waals surface area contributed by atoms with Gasteiger partial charge in [0.1, 0.15) is 0 Å². The van der Waals surface area contributed by atoms with Crippen LogP contribution in [0.2, 0.25) is 0 Å². The van der Waals surface area contributed by atoms with E-state index in [-0.39, 0.29) is 12.4 Å². The average Bonchev–Trinajstić information content (AvgIpc) is 2.30. The average molecular weight is 228 g/mol. The highest BCUT2D eigenvalue weighted by Crippen LogP contribution is 2.20. The summed E-state index contributed by atoms with van der Waals surface area (Å²) < 4.78 is 5.35. The highest BCUT2D eigenvalue weighted by Gasteiger charge is 2.18. The largest absolute Gasteiger partial charge is 0.381 e. The lowest BCUT2D eigenvalue weighted by molar-refractivity contribution is 0.0819. The molecular formula is C12H18ClNO. The van der Waals surface area contributed by atoms with E-state index in [9.17, 15) is 0 Å². The van der Waals surface area contributed by atoms with Gasteiger partial charge in [0.05, 0.1) is 6.10 Å². The van der Waals surface area contributed by atoms with Crippen molar-refractivity contribution in [3.05, 3.63) is 30.3 Å². The standard InChI is InChI=1S/C12H17NO.ClH/c1-14-12-7-9-13(10-8-12)11-5-3-2-4-6-11;/h2-6,12H,7-10H2,1H3;1H. The van der Waals surface area contributed by atoms with E-state index >= 15 is 0 Å². The van der Waals surface area contributed by atoms with E-state index in [0.29, 0.717) is 6.10 Å². The summed E-state index contributed by atoms with van der Waals surface area (Å²) in [6.45, 7) is 2.23. The molecule has 1 aliphatic heterocycles. The number of hydrogen-bond acceptors (Lipinski definition) is 2. The van der Waals surface area contributed by atoms with Crippen LogP contribution < -0.4 is 4.90 Å². The molecule has 2 rings (SSSR count). The predicted octanol–water partition coefficient (Wildman–Crippen LogP) is 2.72. The molecular weight excluding hydrogens is 210 g/mol. The summed E-state index contributed by atoms with van der Waals surface area (Å²) in [7, 11) is 1.81. The molecule has 0 spiro atoms. The number of hydrogen-bond donors (Lipinski definition) is 0. The van der Waals surface area contributed by atoms with E-state index in [1.54, 1.807) is 0 Å². The molecule has 1 heterocycles. The molecule has 0 atom stereocenters. The molecule has 15 heavy (non-hydrogen) atoms. The molecule has 0 N–H and O–H groups in total. The molecule has 0 bridgehead atoms. The van der Waals surface area contributed by atoms with Crippen molar-refractivity contribution in [1.82, 2.24) is 0 Å². The molecule has 1 aromatic rings. The lowest BCUT2D eigenvalue weighted by Crippen LogP contribution is -2.36. The zero-order valence-corrected chi connectivity index (χ0v) is 9.87. The van der Waals surface area contributed by atoms with E-state index in [0.717, 1.165) is 25.9 Å². The molecule has 0 unspecified atom stereocenters. The number of benzene rings is 1. The molecule has 1 aliphatic rings. The maximum absolute atomic E-state index is 5.35. The maximum Gasteiger partial charge on any atom is 0.0605 e. The second-order valence-electron chi connectivity index (χ2n) is 3.76. The van der Waals surface area contributed by atoms with Crippen LogP contribution in [0.4, 0.5) is 5.69 Å². The number of ether oxygens (including phenoxy) is 1. The van der Waals surface area contributed by atoms with E-state index < -0.39 is 0 Å². The SMILES string of the molecule is COC1CCN(c2ccccc2)CC1.Cl. The first-order valence-corrected chi connectivity index (χ1v) is 5.23. The van der Waals surface area contributed by atoms with Crippen LogP contribution >= 0.6 is 12.4 Å². The van der Waals surface area contributed by atoms with Crippen molar-refractivity contribution in [3.8, 4) is 0 Å². The van der Waals surface area contributed by atoms with Crippen LogP contribution in [0.25, 0.3) is 0 Å². The number of anilines is 1. The van der Waals surface area contributed by atoms with Crippen molar-refractivity contribution in [2.24, 2.45) is 0 Å². The zero-order chi connectivity index (χ0) is 9.80. The van der Waals surface area contributed by atoms with Gasteiger partial charge in [-0.25, -0.2) is 0 Å². The number of piperidine rings is 1. The summed E-state index contributed by atoms with van der Waals surface area (Å²) >= 11 is 0. The number of para-hydroxylation sites is 1. The Bertz CT molecular complexity index is 270. The summed E-state index contributed by atoms with van der Waals surface area (Å²) in [4.78, 5) is 2.43. The molecule has 0 aliphatic carbocycles. The van der Waals surface area contributed by atoms with Crippen LogP contribution in [0.5, 0.6) is 0 Å². The van der Waals surface area contributed by atoms with Crippen molar-refractivity contribution in [2.75, 3.05) is 25.1 Å². The molecule has 84 valence electrons. The number of nitrogens with zero attached hydrogens (tertiary/aromatic N) is 1. The first kappa shape index (κ1) is 12.3. The Morgan fingerprint density at radius 3 is 2.27 bits per heavy atom. The Hall–Kier alpha value is -0.730. The molecule has 1 aromatic carbocycles. The van der Waals surface area contributed by atoms with E-state index in [1.807, 2.05) is 7.11 Å². The molecule has 0 amide bonds. The van der Waals surface area contributed by atoms with Crippen LogP contribution in [0, 0.1) is 0 Å². The first-order chi connectivity index (χ1) is 6.90. The Morgan fingerprint density at radius 1 is 1.13 bits per heavy atom. The van der Waals surface area contributed by atoms with E-state index in [4.69, 9.17) is 4.74 Å². The lowest BCUT2D eigenvalue weighted by atomic mass is 10.1. The second-order valence-corrected chi connectivity index (χ2v) is 3.76. The Labute approximate surface area is 97.6 Å². The topological polar surface area (TPSA) is 12.5 Å². The Kier molecular flexibility index (Phi) is 4.92. The van der Waals surface area contributed by atoms with Crippen molar-refractivity contribution in [1.29, 1.82) is 0 Å². The van der Waals surface area contributed by atoms with Gasteiger partial charge in [-0.1, -0.05) is 18.2 Å². The minimum Gasteiger partial charge on any atom is -0.381 e. The summed E-state index contributed by atoms with van der Waals surface area (Å²) in [6.07, 6.45) is 2.76. The third kappa shape index (κ3) is 3.11. The van der Waals surface area contributed by atoms with Crippen molar-refractivity contribution >= 4 is 18.1 Å². The highest BCUT2D eigenvalue weighted by molar-refractivity contribution is 5.85. The van der Waals surface area contributed by atoms with Gasteiger partial charge in [0.25, 0.3) is 0 Å². The quantitative estimate of drug-likeness (QED) is 0.771. The van der Waals surface area contributed by atoms with Crippen molar-refractivity contribution < 1.29 is 4.74 Å². The molecule has 3 heteroatoms. The normalized spacial score (nSPS) is 17.3. The summed E-state index contributed by atoms with van der Waals surface area (Å²) in [6, 6.07) is 10.6. The molecule has 1 fully saturated rings. The smallest absolute Gasteiger partial charge is 0.0605 e. The fourth-order valence-electron chi connectivity index (χ4n) is 1.99. The van der Waals surface area contributed by atoms with Gasteiger partial charge in [-0.15, -0.1) is 12.4 Å². The van der Waals surface area contributed by atoms with Crippen LogP contribution in [0.15, 0.2) is 30.3 Å². The van der Waals surface area contributed by atoms with Crippen LogP contribution in [-0.4, -0.2) is 26.3 Å². The number of halogens is 1. The van der Waals surface area contributed by atoms with Gasteiger partial charge >= 0.3 is 0 Å². The van der Waals surface area contributed by atoms with E-state index in [1.165, 1.54) is 5.69 Å². The van der Waals surface area contributed by atoms with Gasteiger partial charge < -0.3 is 9.64 Å². The van der Waals surface area contributed by atoms with Gasteiger partial charge in [-0.2, -0.15) is 0 Å². The fraction of sp³-hybridized carbons (Fsp3) is 0.500. The minimum absolute atomic E-state index is 0. The molecule has 0 saturated carbocycles. The molecule has 1 saturated heterocycles. The number of rotatable bonds is 2. The first-order valence-electron chi connectivity index (χ1n) is 5.23. The van der Waals surface area contributed by atoms with Gasteiger partial charge in [0.2, 0.25) is 0 Å². The molecule has 0 radical (unpaired) electrons. The zero-order valence-electron chi connectivity index (χ0n) is 9.06. The van der Waals surface area contributed by atoms with E-state index in [2.05, 4.69) is 35.2 Å². The lowest BCUT2D eigenvalue weighted by Gasteiger charge is -2.32. The third-order valence-electron chi connectivity index (χ3n) is 2.90. The van der Waals surface area contributed by atoms with Crippen LogP contribution in [0.3, 0.4) is 0 Å². The van der Waals surface area contributed by atoms with Crippen molar-refractivity contribution in [2.45, 2.75) is 18.9 Å². The second kappa shape index (κ2) is 5.99. The third-order valence-corrected chi connectivity index (χ3v) is 2.90. The summed E-state index contributed by atoms with van der Waals surface area (Å²) in [5.41, 5.74) is 1.34. The van der Waals surface area contributed by atoms with Gasteiger partial charge in [0, 0.05) is 25.9 Å². The Morgan fingerprint density at radius 2 is 1.73 bits per heavy atom. The van der Waals surface area contributed by atoms with Gasteiger partial charge in [-0.3, -0.25) is 0 Å². The predicted molar refractivity (Wildman–Crippen MR) is 65.9 cm³/mol. The van der Waals surface area contributed by atoms with Crippen LogP contribution in [-0.2, 0) is 4.74 Å². The fourth-order valence-corrected chi connectivity index (χ4v) is 1.99. The summed E-state index contributed by atoms with van der Waals surface area (Å²) in [5, 5.41) is 0. The van der Waals surface area contributed by atoms with Crippen LogP contribution in [0.1, 0.15) is 12.8 Å². The monoisotopic (exact) mass is 227 g/mol. The maximum atomic E-state index is 5.35. The highest BCUT2D eigenvalue weighted by atomic mass is 35.5. The summed E-state index contributed by atoms with van der Waals surface area (Å²) in [5.74, 6) is 0. The van der Waals surface area contributed by atoms with Gasteiger partial charge in [-0.05, 0) is 25.0 Å². The number of methoxy groups -OCH3 is 1. The Balaban J connectivity index is 0.00000112. The molecule has 0 aromatic heterocycles. The minimum atomic E-state index is 0. The molecule has 2 nitrogen and oxygen atoms in total. The van der Waals surface area contributed by atoms with Gasteiger partial charge in [0.15, 0.2) is 0 Å². The van der Waals surface area contributed by atoms with Crippen molar-refractivity contribution in [3.63, 3.8) is 0 Å².